The standard InChI is InChI=1S/C10H19N5O2S/c16-18(17,9-10-3-1-2-4-11-10)13-6-8-15-7-5-12-14-15/h5,7,10-11,13H,1-4,6,8-9H2. The number of piperidine rings is 1. The molecule has 1 fully saturated rings. The fourth-order valence-corrected chi connectivity index (χ4v) is 3.39. The summed E-state index contributed by atoms with van der Waals surface area (Å²) < 4.78 is 27.8. The summed E-state index contributed by atoms with van der Waals surface area (Å²) in [4.78, 5) is 0. The van der Waals surface area contributed by atoms with Gasteiger partial charge >= 0.3 is 0 Å². The number of aromatic nitrogens is 3. The Balaban J connectivity index is 1.73. The first-order chi connectivity index (χ1) is 8.66. The molecule has 1 aromatic rings. The van der Waals surface area contributed by atoms with E-state index in [1.165, 1.54) is 0 Å². The van der Waals surface area contributed by atoms with Crippen molar-refractivity contribution in [1.82, 2.24) is 25.0 Å². The quantitative estimate of drug-likeness (QED) is 0.718. The minimum Gasteiger partial charge on any atom is -0.313 e. The normalized spacial score (nSPS) is 21.0. The SMILES string of the molecule is O=S(=O)(CC1CCCCN1)NCCn1ccnn1. The zero-order valence-electron chi connectivity index (χ0n) is 10.2. The number of nitrogens with zero attached hydrogens (tertiary/aromatic N) is 3. The second kappa shape index (κ2) is 6.26. The van der Waals surface area contributed by atoms with Gasteiger partial charge in [-0.25, -0.2) is 13.1 Å². The average molecular weight is 273 g/mol. The lowest BCUT2D eigenvalue weighted by molar-refractivity contribution is 0.422. The Kier molecular flexibility index (Phi) is 4.67. The molecule has 0 saturated carbocycles. The average Bonchev–Trinajstić information content (AvgIpc) is 2.82. The maximum atomic E-state index is 11.8. The largest absolute Gasteiger partial charge is 0.313 e. The van der Waals surface area contributed by atoms with E-state index in [0.717, 1.165) is 25.8 Å². The zero-order chi connectivity index (χ0) is 12.8. The highest BCUT2D eigenvalue weighted by Crippen LogP contribution is 2.08. The van der Waals surface area contributed by atoms with E-state index < -0.39 is 10.0 Å². The molecule has 1 atom stereocenters. The molecule has 1 aliphatic rings. The van der Waals surface area contributed by atoms with Crippen molar-refractivity contribution in [2.45, 2.75) is 31.8 Å². The van der Waals surface area contributed by atoms with Crippen LogP contribution in [0, 0.1) is 0 Å². The maximum absolute atomic E-state index is 11.8. The van der Waals surface area contributed by atoms with Crippen LogP contribution < -0.4 is 10.0 Å². The van der Waals surface area contributed by atoms with Crippen LogP contribution in [-0.4, -0.2) is 48.3 Å². The van der Waals surface area contributed by atoms with Gasteiger partial charge in [-0.05, 0) is 19.4 Å². The molecule has 1 saturated heterocycles. The lowest BCUT2D eigenvalue weighted by Gasteiger charge is -2.23. The van der Waals surface area contributed by atoms with Crippen molar-refractivity contribution >= 4 is 10.0 Å². The third-order valence-corrected chi connectivity index (χ3v) is 4.45. The van der Waals surface area contributed by atoms with Crippen LogP contribution in [0.5, 0.6) is 0 Å². The van der Waals surface area contributed by atoms with Gasteiger partial charge in [0.2, 0.25) is 10.0 Å². The third kappa shape index (κ3) is 4.35. The third-order valence-electron chi connectivity index (χ3n) is 2.97. The summed E-state index contributed by atoms with van der Waals surface area (Å²) in [6, 6.07) is 0.0858. The van der Waals surface area contributed by atoms with Crippen LogP contribution in [0.2, 0.25) is 0 Å². The zero-order valence-corrected chi connectivity index (χ0v) is 11.1. The molecule has 0 aromatic carbocycles. The lowest BCUT2D eigenvalue weighted by Crippen LogP contribution is -2.43. The Bertz CT molecular complexity index is 439. The first kappa shape index (κ1) is 13.4. The predicted octanol–water partition coefficient (Wildman–Crippen LogP) is -0.660. The smallest absolute Gasteiger partial charge is 0.213 e. The van der Waals surface area contributed by atoms with E-state index in [-0.39, 0.29) is 11.8 Å². The van der Waals surface area contributed by atoms with Crippen LogP contribution in [-0.2, 0) is 16.6 Å². The molecule has 2 N–H and O–H groups in total. The van der Waals surface area contributed by atoms with Gasteiger partial charge in [0.25, 0.3) is 0 Å². The summed E-state index contributed by atoms with van der Waals surface area (Å²) in [5.74, 6) is 0.157. The van der Waals surface area contributed by atoms with Crippen molar-refractivity contribution in [1.29, 1.82) is 0 Å². The van der Waals surface area contributed by atoms with Crippen molar-refractivity contribution in [3.63, 3.8) is 0 Å². The summed E-state index contributed by atoms with van der Waals surface area (Å²) in [7, 11) is -3.21. The summed E-state index contributed by atoms with van der Waals surface area (Å²) in [5.41, 5.74) is 0. The van der Waals surface area contributed by atoms with E-state index in [9.17, 15) is 8.42 Å². The molecular weight excluding hydrogens is 254 g/mol. The highest BCUT2D eigenvalue weighted by Gasteiger charge is 2.20. The van der Waals surface area contributed by atoms with E-state index in [4.69, 9.17) is 0 Å². The summed E-state index contributed by atoms with van der Waals surface area (Å²) in [5, 5.41) is 10.7. The van der Waals surface area contributed by atoms with Gasteiger partial charge in [-0.2, -0.15) is 0 Å². The molecule has 1 unspecified atom stereocenters. The van der Waals surface area contributed by atoms with Crippen molar-refractivity contribution < 1.29 is 8.42 Å². The molecule has 8 heteroatoms. The Morgan fingerprint density at radius 2 is 2.33 bits per heavy atom. The first-order valence-electron chi connectivity index (χ1n) is 6.20. The first-order valence-corrected chi connectivity index (χ1v) is 7.86. The van der Waals surface area contributed by atoms with Gasteiger partial charge in [-0.3, -0.25) is 4.68 Å². The van der Waals surface area contributed by atoms with Gasteiger partial charge in [0.1, 0.15) is 0 Å². The van der Waals surface area contributed by atoms with Crippen molar-refractivity contribution in [3.05, 3.63) is 12.4 Å². The number of nitrogens with one attached hydrogen (secondary N) is 2. The number of hydrogen-bond donors (Lipinski definition) is 2. The molecule has 7 nitrogen and oxygen atoms in total. The lowest BCUT2D eigenvalue weighted by atomic mass is 10.1. The van der Waals surface area contributed by atoms with Gasteiger partial charge in [-0.15, -0.1) is 5.10 Å². The minimum absolute atomic E-state index is 0.0858. The molecule has 1 aliphatic heterocycles. The van der Waals surface area contributed by atoms with E-state index >= 15 is 0 Å². The molecule has 2 heterocycles. The van der Waals surface area contributed by atoms with Gasteiger partial charge in [-0.1, -0.05) is 11.6 Å². The highest BCUT2D eigenvalue weighted by molar-refractivity contribution is 7.89. The van der Waals surface area contributed by atoms with E-state index in [1.54, 1.807) is 17.1 Å². The van der Waals surface area contributed by atoms with E-state index in [0.29, 0.717) is 13.1 Å². The fourth-order valence-electron chi connectivity index (χ4n) is 2.06. The summed E-state index contributed by atoms with van der Waals surface area (Å²) in [6.07, 6.45) is 6.45. The van der Waals surface area contributed by atoms with Gasteiger partial charge in [0, 0.05) is 18.8 Å². The van der Waals surface area contributed by atoms with Gasteiger partial charge < -0.3 is 5.32 Å². The predicted molar refractivity (Wildman–Crippen MR) is 67.5 cm³/mol. The molecular formula is C10H19N5O2S. The topological polar surface area (TPSA) is 88.9 Å². The molecule has 102 valence electrons. The Morgan fingerprint density at radius 1 is 1.44 bits per heavy atom. The molecule has 0 spiro atoms. The number of sulfonamides is 1. The van der Waals surface area contributed by atoms with Crippen LogP contribution in [0.1, 0.15) is 19.3 Å². The Hall–Kier alpha value is -0.990. The second-order valence-corrected chi connectivity index (χ2v) is 6.34. The molecule has 18 heavy (non-hydrogen) atoms. The molecule has 0 radical (unpaired) electrons. The highest BCUT2D eigenvalue weighted by atomic mass is 32.2. The van der Waals surface area contributed by atoms with Crippen LogP contribution in [0.3, 0.4) is 0 Å². The van der Waals surface area contributed by atoms with E-state index in [1.807, 2.05) is 0 Å². The molecule has 0 aliphatic carbocycles. The van der Waals surface area contributed by atoms with Crippen LogP contribution in [0.4, 0.5) is 0 Å². The van der Waals surface area contributed by atoms with Crippen molar-refractivity contribution in [2.75, 3.05) is 18.8 Å². The van der Waals surface area contributed by atoms with Crippen molar-refractivity contribution in [2.24, 2.45) is 0 Å². The fraction of sp³-hybridized carbons (Fsp3) is 0.800. The molecule has 0 bridgehead atoms. The van der Waals surface area contributed by atoms with Crippen molar-refractivity contribution in [3.8, 4) is 0 Å². The summed E-state index contributed by atoms with van der Waals surface area (Å²) in [6.45, 7) is 1.76. The monoisotopic (exact) mass is 273 g/mol. The second-order valence-electron chi connectivity index (χ2n) is 4.49. The van der Waals surface area contributed by atoms with Gasteiger partial charge in [0.15, 0.2) is 0 Å². The molecule has 2 rings (SSSR count). The van der Waals surface area contributed by atoms with E-state index in [2.05, 4.69) is 20.4 Å². The number of hydrogen-bond acceptors (Lipinski definition) is 5. The maximum Gasteiger partial charge on any atom is 0.213 e. The molecule has 0 amide bonds. The van der Waals surface area contributed by atoms with Crippen LogP contribution in [0.15, 0.2) is 12.4 Å². The van der Waals surface area contributed by atoms with Crippen LogP contribution in [0.25, 0.3) is 0 Å². The van der Waals surface area contributed by atoms with Crippen LogP contribution >= 0.6 is 0 Å². The Morgan fingerprint density at radius 3 is 3.00 bits per heavy atom. The summed E-state index contributed by atoms with van der Waals surface area (Å²) >= 11 is 0. The minimum atomic E-state index is -3.21. The molecule has 1 aromatic heterocycles. The van der Waals surface area contributed by atoms with Gasteiger partial charge in [0.05, 0.1) is 18.5 Å². The number of rotatable bonds is 6. The Labute approximate surface area is 107 Å².